The third-order valence-corrected chi connectivity index (χ3v) is 5.25. The van der Waals surface area contributed by atoms with Crippen LogP contribution in [0.3, 0.4) is 0 Å². The van der Waals surface area contributed by atoms with E-state index in [0.29, 0.717) is 12.1 Å². The van der Waals surface area contributed by atoms with Crippen LogP contribution in [0.25, 0.3) is 0 Å². The van der Waals surface area contributed by atoms with Crippen molar-refractivity contribution in [2.75, 3.05) is 19.6 Å². The number of hydrogen-bond acceptors (Lipinski definition) is 2. The summed E-state index contributed by atoms with van der Waals surface area (Å²) in [4.78, 5) is 2.63. The first-order valence-electron chi connectivity index (χ1n) is 7.57. The minimum Gasteiger partial charge on any atom is -0.314 e. The van der Waals surface area contributed by atoms with E-state index in [1.807, 2.05) is 6.07 Å². The Balaban J connectivity index is 1.65. The van der Waals surface area contributed by atoms with Crippen LogP contribution in [0.15, 0.2) is 18.2 Å². The minimum atomic E-state index is -0.0864. The van der Waals surface area contributed by atoms with E-state index in [0.717, 1.165) is 18.9 Å². The van der Waals surface area contributed by atoms with Gasteiger partial charge in [-0.1, -0.05) is 6.07 Å². The summed E-state index contributed by atoms with van der Waals surface area (Å²) in [6, 6.07) is 6.57. The molecule has 1 aromatic rings. The zero-order valence-corrected chi connectivity index (χ0v) is 11.2. The van der Waals surface area contributed by atoms with Crippen molar-refractivity contribution < 1.29 is 4.39 Å². The summed E-state index contributed by atoms with van der Waals surface area (Å²) in [6.07, 6.45) is 4.90. The molecule has 0 saturated carbocycles. The number of fused-ring (bicyclic) bond motifs is 4. The normalized spacial score (nSPS) is 34.3. The Morgan fingerprint density at radius 3 is 3.21 bits per heavy atom. The van der Waals surface area contributed by atoms with Crippen LogP contribution in [-0.2, 0) is 6.42 Å². The molecule has 19 heavy (non-hydrogen) atoms. The highest BCUT2D eigenvalue weighted by Gasteiger charge is 2.39. The van der Waals surface area contributed by atoms with Crippen LogP contribution in [-0.4, -0.2) is 30.6 Å². The maximum Gasteiger partial charge on any atom is 0.123 e. The predicted molar refractivity (Wildman–Crippen MR) is 73.5 cm³/mol. The zero-order chi connectivity index (χ0) is 12.8. The molecule has 102 valence electrons. The Bertz CT molecular complexity index is 488. The molecule has 2 nitrogen and oxygen atoms in total. The van der Waals surface area contributed by atoms with E-state index in [9.17, 15) is 4.39 Å². The number of halogens is 1. The van der Waals surface area contributed by atoms with Gasteiger partial charge in [0.1, 0.15) is 5.82 Å². The van der Waals surface area contributed by atoms with E-state index in [2.05, 4.69) is 10.2 Å². The van der Waals surface area contributed by atoms with Gasteiger partial charge >= 0.3 is 0 Å². The van der Waals surface area contributed by atoms with Crippen LogP contribution in [0.1, 0.15) is 36.4 Å². The molecule has 3 aliphatic rings. The molecule has 3 heterocycles. The second kappa shape index (κ2) is 4.57. The summed E-state index contributed by atoms with van der Waals surface area (Å²) in [6.45, 7) is 3.49. The topological polar surface area (TPSA) is 15.3 Å². The van der Waals surface area contributed by atoms with Gasteiger partial charge in [0, 0.05) is 25.2 Å². The van der Waals surface area contributed by atoms with Gasteiger partial charge in [-0.3, -0.25) is 4.90 Å². The van der Waals surface area contributed by atoms with Crippen LogP contribution in [0.4, 0.5) is 4.39 Å². The highest BCUT2D eigenvalue weighted by atomic mass is 19.1. The zero-order valence-electron chi connectivity index (χ0n) is 11.2. The molecular weight excluding hydrogens is 239 g/mol. The Morgan fingerprint density at radius 2 is 2.26 bits per heavy atom. The number of hydrogen-bond donors (Lipinski definition) is 1. The number of nitrogens with zero attached hydrogens (tertiary/aromatic N) is 1. The molecule has 2 saturated heterocycles. The number of rotatable bonds is 0. The molecule has 4 rings (SSSR count). The van der Waals surface area contributed by atoms with E-state index in [1.165, 1.54) is 43.5 Å². The first-order chi connectivity index (χ1) is 9.31. The van der Waals surface area contributed by atoms with Gasteiger partial charge in [-0.05, 0) is 61.4 Å². The smallest absolute Gasteiger partial charge is 0.123 e. The molecule has 0 spiro atoms. The van der Waals surface area contributed by atoms with Crippen molar-refractivity contribution in [1.82, 2.24) is 10.2 Å². The highest BCUT2D eigenvalue weighted by molar-refractivity contribution is 5.34. The molecule has 0 aliphatic carbocycles. The van der Waals surface area contributed by atoms with Gasteiger partial charge in [0.25, 0.3) is 0 Å². The van der Waals surface area contributed by atoms with Crippen molar-refractivity contribution in [3.05, 3.63) is 35.1 Å². The summed E-state index contributed by atoms with van der Waals surface area (Å²) in [5.74, 6) is 0.740. The van der Waals surface area contributed by atoms with Gasteiger partial charge < -0.3 is 5.32 Å². The largest absolute Gasteiger partial charge is 0.314 e. The van der Waals surface area contributed by atoms with Crippen LogP contribution < -0.4 is 5.32 Å². The second-order valence-electron chi connectivity index (χ2n) is 6.30. The van der Waals surface area contributed by atoms with Gasteiger partial charge in [0.05, 0.1) is 0 Å². The van der Waals surface area contributed by atoms with Crippen molar-refractivity contribution in [3.8, 4) is 0 Å². The van der Waals surface area contributed by atoms with Gasteiger partial charge in [-0.25, -0.2) is 4.39 Å². The standard InChI is InChI=1S/C16H21FN2/c17-13-3-4-14-11(8-13)5-7-19-10-12-2-1-6-18-15(12)9-16(14)19/h3-4,8,12,15-16,18H,1-2,5-7,9-10H2/t12-,15+,16-/m1/s1. The van der Waals surface area contributed by atoms with Crippen LogP contribution >= 0.6 is 0 Å². The molecule has 0 bridgehead atoms. The molecule has 3 atom stereocenters. The molecule has 0 amide bonds. The van der Waals surface area contributed by atoms with Gasteiger partial charge in [-0.2, -0.15) is 0 Å². The fraction of sp³-hybridized carbons (Fsp3) is 0.625. The molecule has 0 aromatic heterocycles. The van der Waals surface area contributed by atoms with E-state index < -0.39 is 0 Å². The molecule has 1 aromatic carbocycles. The van der Waals surface area contributed by atoms with Gasteiger partial charge in [0.15, 0.2) is 0 Å². The quantitative estimate of drug-likeness (QED) is 0.771. The van der Waals surface area contributed by atoms with E-state index in [1.54, 1.807) is 12.1 Å². The number of benzene rings is 1. The fourth-order valence-electron chi connectivity index (χ4n) is 4.28. The fourth-order valence-corrected chi connectivity index (χ4v) is 4.28. The van der Waals surface area contributed by atoms with Crippen LogP contribution in [0.5, 0.6) is 0 Å². The van der Waals surface area contributed by atoms with Gasteiger partial charge in [-0.15, -0.1) is 0 Å². The Labute approximate surface area is 114 Å². The van der Waals surface area contributed by atoms with Crippen LogP contribution in [0.2, 0.25) is 0 Å². The van der Waals surface area contributed by atoms with Crippen molar-refractivity contribution in [2.45, 2.75) is 37.8 Å². The summed E-state index contributed by atoms with van der Waals surface area (Å²) in [5, 5.41) is 3.70. The summed E-state index contributed by atoms with van der Waals surface area (Å²) < 4.78 is 13.4. The molecular formula is C16H21FN2. The maximum atomic E-state index is 13.4. The summed E-state index contributed by atoms with van der Waals surface area (Å²) in [5.41, 5.74) is 2.61. The average molecular weight is 260 g/mol. The monoisotopic (exact) mass is 260 g/mol. The van der Waals surface area contributed by atoms with Crippen molar-refractivity contribution in [3.63, 3.8) is 0 Å². The minimum absolute atomic E-state index is 0.0864. The Hall–Kier alpha value is -0.930. The molecule has 2 fully saturated rings. The first-order valence-corrected chi connectivity index (χ1v) is 7.57. The van der Waals surface area contributed by atoms with E-state index in [-0.39, 0.29) is 5.82 Å². The lowest BCUT2D eigenvalue weighted by Gasteiger charge is -2.49. The molecule has 3 aliphatic heterocycles. The molecule has 0 unspecified atom stereocenters. The Morgan fingerprint density at radius 1 is 1.32 bits per heavy atom. The lowest BCUT2D eigenvalue weighted by atomic mass is 9.77. The number of piperidine rings is 2. The molecule has 0 radical (unpaired) electrons. The predicted octanol–water partition coefficient (Wildman–Crippen LogP) is 2.50. The lowest BCUT2D eigenvalue weighted by Crippen LogP contribution is -2.54. The lowest BCUT2D eigenvalue weighted by molar-refractivity contribution is 0.0551. The molecule has 3 heteroatoms. The van der Waals surface area contributed by atoms with Crippen molar-refractivity contribution in [1.29, 1.82) is 0 Å². The maximum absolute atomic E-state index is 13.4. The van der Waals surface area contributed by atoms with E-state index in [4.69, 9.17) is 0 Å². The summed E-state index contributed by atoms with van der Waals surface area (Å²) in [7, 11) is 0. The van der Waals surface area contributed by atoms with Crippen molar-refractivity contribution >= 4 is 0 Å². The Kier molecular flexibility index (Phi) is 2.85. The highest BCUT2D eigenvalue weighted by Crippen LogP contribution is 2.40. The average Bonchev–Trinajstić information content (AvgIpc) is 2.44. The van der Waals surface area contributed by atoms with Gasteiger partial charge in [0.2, 0.25) is 0 Å². The SMILES string of the molecule is Fc1ccc2c(c1)CCN1C[C@H]3CCCN[C@H]3C[C@H]21. The third kappa shape index (κ3) is 2.00. The number of nitrogens with one attached hydrogen (secondary N) is 1. The summed E-state index contributed by atoms with van der Waals surface area (Å²) >= 11 is 0. The van der Waals surface area contributed by atoms with Crippen LogP contribution in [0, 0.1) is 11.7 Å². The first kappa shape index (κ1) is 11.9. The second-order valence-corrected chi connectivity index (χ2v) is 6.30. The van der Waals surface area contributed by atoms with E-state index >= 15 is 0 Å². The molecule has 1 N–H and O–H groups in total. The van der Waals surface area contributed by atoms with Crippen molar-refractivity contribution in [2.24, 2.45) is 5.92 Å². The third-order valence-electron chi connectivity index (χ3n) is 5.25.